The van der Waals surface area contributed by atoms with Gasteiger partial charge in [0.1, 0.15) is 5.75 Å². The molecule has 1 aliphatic rings. The molecule has 0 bridgehead atoms. The van der Waals surface area contributed by atoms with E-state index in [-0.39, 0.29) is 0 Å². The fourth-order valence-electron chi connectivity index (χ4n) is 3.85. The van der Waals surface area contributed by atoms with Gasteiger partial charge in [-0.05, 0) is 55.0 Å². The summed E-state index contributed by atoms with van der Waals surface area (Å²) in [5.41, 5.74) is 5.50. The zero-order chi connectivity index (χ0) is 21.9. The zero-order valence-electron chi connectivity index (χ0n) is 18.2. The molecule has 162 valence electrons. The molecular weight excluding hydrogens is 402 g/mol. The lowest BCUT2D eigenvalue weighted by molar-refractivity contribution is 0.122. The topological polar surface area (TPSA) is 63.6 Å². The van der Waals surface area contributed by atoms with E-state index in [0.29, 0.717) is 11.8 Å². The maximum atomic E-state index is 5.85. The predicted octanol–water partition coefficient (Wildman–Crippen LogP) is 4.73. The number of rotatable bonds is 5. The molecule has 0 radical (unpaired) electrons. The van der Waals surface area contributed by atoms with E-state index in [1.165, 1.54) is 11.3 Å². The Labute approximate surface area is 187 Å². The minimum atomic E-state index is 0.306. The van der Waals surface area contributed by atoms with Crippen molar-refractivity contribution < 1.29 is 9.47 Å². The minimum absolute atomic E-state index is 0.306. The standard InChI is InChI=1S/C25H25N5O2/c1-18-3-4-21(15-24(18)30-11-13-31-14-12-30)29(2)20-5-7-22(8-6-20)32-25-27-16-19-9-10-26-17-23(19)28-25/h3-10,15-17H,11-14H2,1-2H3. The molecule has 0 N–H and O–H groups in total. The Morgan fingerprint density at radius 3 is 2.56 bits per heavy atom. The lowest BCUT2D eigenvalue weighted by atomic mass is 10.1. The number of anilines is 3. The minimum Gasteiger partial charge on any atom is -0.424 e. The SMILES string of the molecule is Cc1ccc(N(C)c2ccc(Oc3ncc4ccncc4n3)cc2)cc1N1CCOCC1. The third kappa shape index (κ3) is 4.20. The third-order valence-corrected chi connectivity index (χ3v) is 5.73. The van der Waals surface area contributed by atoms with Crippen LogP contribution in [-0.2, 0) is 4.74 Å². The summed E-state index contributed by atoms with van der Waals surface area (Å²) < 4.78 is 11.4. The molecule has 0 amide bonds. The van der Waals surface area contributed by atoms with Gasteiger partial charge in [0.15, 0.2) is 0 Å². The van der Waals surface area contributed by atoms with E-state index < -0.39 is 0 Å². The quantitative estimate of drug-likeness (QED) is 0.456. The predicted molar refractivity (Wildman–Crippen MR) is 126 cm³/mol. The maximum Gasteiger partial charge on any atom is 0.322 e. The van der Waals surface area contributed by atoms with Crippen LogP contribution in [0.2, 0.25) is 0 Å². The number of aromatic nitrogens is 3. The number of benzene rings is 2. The van der Waals surface area contributed by atoms with Gasteiger partial charge in [-0.15, -0.1) is 0 Å². The number of hydrogen-bond donors (Lipinski definition) is 0. The molecule has 1 aliphatic heterocycles. The molecule has 1 fully saturated rings. The highest BCUT2D eigenvalue weighted by molar-refractivity contribution is 5.76. The molecule has 1 saturated heterocycles. The van der Waals surface area contributed by atoms with Crippen LogP contribution in [0.25, 0.3) is 10.9 Å². The van der Waals surface area contributed by atoms with Gasteiger partial charge in [0.05, 0.1) is 24.9 Å². The highest BCUT2D eigenvalue weighted by Gasteiger charge is 2.15. The smallest absolute Gasteiger partial charge is 0.322 e. The lowest BCUT2D eigenvalue weighted by Crippen LogP contribution is -2.36. The molecule has 0 saturated carbocycles. The van der Waals surface area contributed by atoms with Gasteiger partial charge in [0, 0.05) is 55.0 Å². The molecule has 0 aliphatic carbocycles. The zero-order valence-corrected chi connectivity index (χ0v) is 18.2. The molecule has 5 rings (SSSR count). The van der Waals surface area contributed by atoms with Crippen molar-refractivity contribution >= 4 is 28.0 Å². The van der Waals surface area contributed by atoms with Crippen molar-refractivity contribution in [2.24, 2.45) is 0 Å². The van der Waals surface area contributed by atoms with Gasteiger partial charge in [-0.1, -0.05) is 6.07 Å². The molecule has 2 aromatic carbocycles. The normalized spacial score (nSPS) is 13.9. The van der Waals surface area contributed by atoms with Crippen LogP contribution in [0.3, 0.4) is 0 Å². The van der Waals surface area contributed by atoms with Gasteiger partial charge >= 0.3 is 6.01 Å². The Morgan fingerprint density at radius 1 is 0.969 bits per heavy atom. The Bertz CT molecular complexity index is 1220. The van der Waals surface area contributed by atoms with E-state index in [4.69, 9.17) is 9.47 Å². The van der Waals surface area contributed by atoms with Gasteiger partial charge in [-0.25, -0.2) is 4.98 Å². The van der Waals surface area contributed by atoms with Crippen molar-refractivity contribution in [1.29, 1.82) is 0 Å². The second-order valence-corrected chi connectivity index (χ2v) is 7.81. The van der Waals surface area contributed by atoms with E-state index >= 15 is 0 Å². The second kappa shape index (κ2) is 8.80. The lowest BCUT2D eigenvalue weighted by Gasteiger charge is -2.31. The van der Waals surface area contributed by atoms with Crippen LogP contribution >= 0.6 is 0 Å². The molecule has 0 spiro atoms. The summed E-state index contributed by atoms with van der Waals surface area (Å²) in [6.07, 6.45) is 5.17. The molecular formula is C25H25N5O2. The van der Waals surface area contributed by atoms with Crippen LogP contribution in [-0.4, -0.2) is 48.3 Å². The van der Waals surface area contributed by atoms with Gasteiger partial charge in [0.2, 0.25) is 0 Å². The Balaban J connectivity index is 1.33. The first-order chi connectivity index (χ1) is 15.7. The van der Waals surface area contributed by atoms with Crippen molar-refractivity contribution in [2.75, 3.05) is 43.2 Å². The van der Waals surface area contributed by atoms with Crippen LogP contribution in [0.4, 0.5) is 17.1 Å². The van der Waals surface area contributed by atoms with Crippen LogP contribution < -0.4 is 14.5 Å². The maximum absolute atomic E-state index is 5.85. The largest absolute Gasteiger partial charge is 0.424 e. The number of pyridine rings is 1. The fourth-order valence-corrected chi connectivity index (χ4v) is 3.85. The van der Waals surface area contributed by atoms with E-state index in [9.17, 15) is 0 Å². The summed E-state index contributed by atoms with van der Waals surface area (Å²) in [6, 6.07) is 16.7. The molecule has 7 nitrogen and oxygen atoms in total. The summed E-state index contributed by atoms with van der Waals surface area (Å²) in [6.45, 7) is 5.56. The van der Waals surface area contributed by atoms with Crippen LogP contribution in [0, 0.1) is 6.92 Å². The van der Waals surface area contributed by atoms with Crippen LogP contribution in [0.15, 0.2) is 67.1 Å². The van der Waals surface area contributed by atoms with Crippen LogP contribution in [0.1, 0.15) is 5.56 Å². The third-order valence-electron chi connectivity index (χ3n) is 5.73. The summed E-state index contributed by atoms with van der Waals surface area (Å²) in [5.74, 6) is 0.684. The van der Waals surface area contributed by atoms with Crippen molar-refractivity contribution in [3.63, 3.8) is 0 Å². The first-order valence-electron chi connectivity index (χ1n) is 10.7. The van der Waals surface area contributed by atoms with E-state index in [1.807, 2.05) is 30.3 Å². The summed E-state index contributed by atoms with van der Waals surface area (Å²) >= 11 is 0. The number of nitrogens with zero attached hydrogens (tertiary/aromatic N) is 5. The van der Waals surface area contributed by atoms with Gasteiger partial charge in [-0.3, -0.25) is 4.98 Å². The summed E-state index contributed by atoms with van der Waals surface area (Å²) in [4.78, 5) is 17.4. The van der Waals surface area contributed by atoms with Crippen molar-refractivity contribution in [3.05, 3.63) is 72.7 Å². The monoisotopic (exact) mass is 427 g/mol. The summed E-state index contributed by atoms with van der Waals surface area (Å²) in [7, 11) is 2.07. The van der Waals surface area contributed by atoms with Gasteiger partial charge in [0.25, 0.3) is 0 Å². The van der Waals surface area contributed by atoms with Crippen LogP contribution in [0.5, 0.6) is 11.8 Å². The molecule has 0 unspecified atom stereocenters. The molecule has 4 aromatic rings. The molecule has 3 heterocycles. The van der Waals surface area contributed by atoms with E-state index in [1.54, 1.807) is 18.6 Å². The average Bonchev–Trinajstić information content (AvgIpc) is 2.85. The van der Waals surface area contributed by atoms with Crippen molar-refractivity contribution in [3.8, 4) is 11.8 Å². The van der Waals surface area contributed by atoms with E-state index in [2.05, 4.69) is 56.9 Å². The molecule has 2 aromatic heterocycles. The number of fused-ring (bicyclic) bond motifs is 1. The van der Waals surface area contributed by atoms with Gasteiger partial charge in [-0.2, -0.15) is 4.98 Å². The average molecular weight is 428 g/mol. The van der Waals surface area contributed by atoms with Crippen molar-refractivity contribution in [2.45, 2.75) is 6.92 Å². The molecule has 32 heavy (non-hydrogen) atoms. The van der Waals surface area contributed by atoms with Gasteiger partial charge < -0.3 is 19.3 Å². The first kappa shape index (κ1) is 20.2. The second-order valence-electron chi connectivity index (χ2n) is 7.81. The summed E-state index contributed by atoms with van der Waals surface area (Å²) in [5, 5.41) is 0.930. The molecule has 7 heteroatoms. The Hall–Kier alpha value is -3.71. The number of morpholine rings is 1. The van der Waals surface area contributed by atoms with Crippen molar-refractivity contribution in [1.82, 2.24) is 15.0 Å². The van der Waals surface area contributed by atoms with E-state index in [0.717, 1.165) is 48.6 Å². The highest BCUT2D eigenvalue weighted by atomic mass is 16.5. The highest BCUT2D eigenvalue weighted by Crippen LogP contribution is 2.31. The number of aryl methyl sites for hydroxylation is 1. The first-order valence-corrected chi connectivity index (χ1v) is 10.7. The number of hydrogen-bond acceptors (Lipinski definition) is 7. The number of ether oxygens (including phenoxy) is 2. The fraction of sp³-hybridized carbons (Fsp3) is 0.240. The Kier molecular flexibility index (Phi) is 5.56. The Morgan fingerprint density at radius 2 is 1.75 bits per heavy atom. The molecule has 0 atom stereocenters.